The van der Waals surface area contributed by atoms with Crippen LogP contribution >= 0.6 is 0 Å². The van der Waals surface area contributed by atoms with E-state index in [1.165, 1.54) is 73.8 Å². The molecule has 0 radical (unpaired) electrons. The molecule has 0 saturated carbocycles. The standard InChI is InChI=1S/C20H19FN6O4.C20H19FN6O3.C19H17FN6O3.C18H15FN6O3/c1-8-23-5-9(6-24-8)30-20-26-18-16-15-10(11(21)4-12(22-2)17(15)25-18)3-14(13(29)7-28)31-19(16)27-20;1-9-23-7-11(8-24-9)30-20-26-18-16-15-12(5-10(3-4-28)29-19(16)27-20)13(21)6-14(22-2)17(15)25-18;1-8-22-5-10(6-23-8)29-19-25-17-15-14-11(3-9(7-27)28-18(15)26-19)12(20)4-13(21-2)16(14)24-17;1-7-21-5-8(6-22-7)27-18-24-16-14-13-9(3-12(26)28-17(14)25-18)10(19)4-11(20-2)15(13)23-16/h4-6,13-14,22,28-29H,3,7H2,1-2H3,(H,25,26,27);6-8,10,22,28H,3-5H2,1-2H3,(H,25,26,27);4-6,9,21,27H,3,7H2,1-2H3,(H,24,25,26);4-6,12,20,26H,3H2,1-2H3,(H,23,24,25)/t13?,14-;10-;;12-/m10.1/s1. The van der Waals surface area contributed by atoms with Crippen molar-refractivity contribution in [2.75, 3.05) is 69.3 Å². The van der Waals surface area contributed by atoms with Crippen LogP contribution in [0, 0.1) is 51.0 Å². The number of nitrogens with zero attached hydrogens (tertiary/aromatic N) is 16. The Balaban J connectivity index is 0.000000113. The van der Waals surface area contributed by atoms with Gasteiger partial charge >= 0.3 is 24.0 Å². The first kappa shape index (κ1) is 76.5. The quantitative estimate of drug-likeness (QED) is 0.0377. The van der Waals surface area contributed by atoms with E-state index in [1.807, 2.05) is 0 Å². The maximum absolute atomic E-state index is 15.0. The third kappa shape index (κ3) is 14.3. The Morgan fingerprint density at radius 2 is 0.686 bits per heavy atom. The zero-order valence-electron chi connectivity index (χ0n) is 63.6. The SMILES string of the molecule is CNc1cc(F)c2c3c1[nH]c1nc(Oc4cnc(C)nc4)nc(c13)OC(CO)C2.CNc1cc(F)c2c3c1[nH]c1nc(Oc4cnc(C)nc4)nc(c13)O[C@@H](C(O)CO)C2.CNc1cc(F)c2c3c1[nH]c1nc(Oc4cnc(C)nc4)nc(c13)O[C@@H](CCO)C2.CNc1cc(F)c2c3c1[nH]c1nc(Oc4cnc(C)nc4)nc(c13)O[C@@H](O)C2. The number of nitrogens with one attached hydrogen (secondary N) is 8. The van der Waals surface area contributed by atoms with Gasteiger partial charge in [-0.15, -0.1) is 0 Å². The highest BCUT2D eigenvalue weighted by Gasteiger charge is 2.36. The van der Waals surface area contributed by atoms with Crippen LogP contribution in [0.1, 0.15) is 52.0 Å². The predicted molar refractivity (Wildman–Crippen MR) is 418 cm³/mol. The summed E-state index contributed by atoms with van der Waals surface area (Å²) < 4.78 is 106. The lowest BCUT2D eigenvalue weighted by Crippen LogP contribution is -2.36. The number of benzene rings is 4. The van der Waals surface area contributed by atoms with Crippen molar-refractivity contribution in [1.82, 2.24) is 99.7 Å². The van der Waals surface area contributed by atoms with Gasteiger partial charge in [-0.3, -0.25) is 0 Å². The molecule has 0 fully saturated rings. The van der Waals surface area contributed by atoms with E-state index in [1.54, 1.807) is 55.9 Å². The highest BCUT2D eigenvalue weighted by molar-refractivity contribution is 6.17. The fourth-order valence-corrected chi connectivity index (χ4v) is 14.4. The van der Waals surface area contributed by atoms with Crippen molar-refractivity contribution in [3.8, 4) is 70.6 Å². The van der Waals surface area contributed by atoms with Crippen molar-refractivity contribution in [3.63, 3.8) is 0 Å². The van der Waals surface area contributed by atoms with Gasteiger partial charge in [0, 0.05) is 111 Å². The number of hydrogen-bond donors (Lipinski definition) is 13. The molecule has 16 heterocycles. The van der Waals surface area contributed by atoms with Crippen LogP contribution in [0.15, 0.2) is 73.8 Å². The van der Waals surface area contributed by atoms with E-state index in [9.17, 15) is 43.1 Å². The third-order valence-corrected chi connectivity index (χ3v) is 19.8. The first-order valence-corrected chi connectivity index (χ1v) is 36.8. The summed E-state index contributed by atoms with van der Waals surface area (Å²) in [6.45, 7) is 6.14. The van der Waals surface area contributed by atoms with E-state index in [0.29, 0.717) is 192 Å². The van der Waals surface area contributed by atoms with Crippen LogP contribution in [-0.2, 0) is 25.7 Å². The van der Waals surface area contributed by atoms with Gasteiger partial charge in [0.2, 0.25) is 29.8 Å². The first-order valence-electron chi connectivity index (χ1n) is 36.8. The third-order valence-electron chi connectivity index (χ3n) is 19.8. The number of rotatable bonds is 17. The maximum atomic E-state index is 15.0. The van der Waals surface area contributed by atoms with E-state index in [2.05, 4.69) is 121 Å². The molecule has 41 heteroatoms. The summed E-state index contributed by atoms with van der Waals surface area (Å²) >= 11 is 0. The minimum Gasteiger partial charge on any atom is -0.473 e. The van der Waals surface area contributed by atoms with E-state index < -0.39 is 48.9 Å². The Kier molecular flexibility index (Phi) is 20.2. The van der Waals surface area contributed by atoms with Crippen molar-refractivity contribution < 1.29 is 81.0 Å². The van der Waals surface area contributed by atoms with Crippen molar-refractivity contribution in [2.24, 2.45) is 0 Å². The number of aryl methyl sites for hydroxylation is 4. The molecule has 37 nitrogen and oxygen atoms in total. The molecule has 604 valence electrons. The number of aromatic nitrogens is 20. The van der Waals surface area contributed by atoms with Crippen LogP contribution in [-0.4, -0.2) is 204 Å². The van der Waals surface area contributed by atoms with Crippen molar-refractivity contribution >= 4 is 110 Å². The fraction of sp³-hybridized carbons (Fsp3) is 0.273. The lowest BCUT2D eigenvalue weighted by Gasteiger charge is -2.21. The molecule has 0 spiro atoms. The second-order valence-corrected chi connectivity index (χ2v) is 27.4. The van der Waals surface area contributed by atoms with Gasteiger partial charge in [0.1, 0.15) is 93.6 Å². The van der Waals surface area contributed by atoms with Crippen LogP contribution in [0.3, 0.4) is 0 Å². The number of ether oxygens (including phenoxy) is 8. The lowest BCUT2D eigenvalue weighted by molar-refractivity contribution is -0.0176. The van der Waals surface area contributed by atoms with Gasteiger partial charge in [0.05, 0.1) is 129 Å². The Labute approximate surface area is 661 Å². The molecule has 4 aromatic carbocycles. The van der Waals surface area contributed by atoms with Gasteiger partial charge in [0.25, 0.3) is 0 Å². The average Bonchev–Trinajstić information content (AvgIpc) is 1.60. The Hall–Kier alpha value is -14.2. The zero-order chi connectivity index (χ0) is 82.1. The summed E-state index contributed by atoms with van der Waals surface area (Å²) in [5, 5.41) is 65.5. The lowest BCUT2D eigenvalue weighted by atomic mass is 9.99. The molecule has 4 aliphatic heterocycles. The van der Waals surface area contributed by atoms with E-state index in [4.69, 9.17) is 37.9 Å². The first-order chi connectivity index (χ1) is 57.1. The number of H-pyrrole nitrogens is 4. The van der Waals surface area contributed by atoms with Crippen LogP contribution in [0.2, 0.25) is 0 Å². The van der Waals surface area contributed by atoms with Crippen molar-refractivity contribution in [1.29, 1.82) is 0 Å². The molecule has 0 saturated heterocycles. The van der Waals surface area contributed by atoms with Crippen LogP contribution in [0.4, 0.5) is 40.3 Å². The van der Waals surface area contributed by atoms with E-state index in [-0.39, 0.29) is 91.7 Å². The van der Waals surface area contributed by atoms with Crippen LogP contribution in [0.5, 0.6) is 70.6 Å². The number of aromatic amines is 4. The van der Waals surface area contributed by atoms with Gasteiger partial charge in [-0.25, -0.2) is 57.4 Å². The predicted octanol–water partition coefficient (Wildman–Crippen LogP) is 9.62. The van der Waals surface area contributed by atoms with Gasteiger partial charge in [-0.2, -0.15) is 39.9 Å². The Morgan fingerprint density at radius 1 is 0.398 bits per heavy atom. The number of anilines is 4. The number of aliphatic hydroxyl groups is 5. The van der Waals surface area contributed by atoms with Gasteiger partial charge in [0.15, 0.2) is 23.0 Å². The normalized spacial score (nSPS) is 15.7. The number of halogens is 4. The summed E-state index contributed by atoms with van der Waals surface area (Å²) in [5.74, 6) is 2.95. The molecule has 0 aliphatic carbocycles. The molecule has 16 aromatic rings. The molecular formula is C77H70F4N24O13. The fourth-order valence-electron chi connectivity index (χ4n) is 14.4. The molecule has 20 rings (SSSR count). The summed E-state index contributed by atoms with van der Waals surface area (Å²) in [6, 6.07) is 5.64. The van der Waals surface area contributed by atoms with Gasteiger partial charge < -0.3 is 105 Å². The second kappa shape index (κ2) is 31.2. The molecule has 4 aliphatic rings. The molecule has 0 amide bonds. The molecule has 118 heavy (non-hydrogen) atoms. The van der Waals surface area contributed by atoms with Gasteiger partial charge in [-0.1, -0.05) is 0 Å². The molecule has 12 aromatic heterocycles. The Bertz CT molecular complexity index is 6590. The average molecular weight is 1620 g/mol. The topological polar surface area (TPSA) is 493 Å². The maximum Gasteiger partial charge on any atom is 0.327 e. The van der Waals surface area contributed by atoms with Crippen LogP contribution < -0.4 is 59.2 Å². The monoisotopic (exact) mass is 1610 g/mol. The van der Waals surface area contributed by atoms with Crippen LogP contribution in [0.25, 0.3) is 87.7 Å². The molecule has 2 unspecified atom stereocenters. The summed E-state index contributed by atoms with van der Waals surface area (Å²) in [7, 11) is 6.82. The van der Waals surface area contributed by atoms with E-state index >= 15 is 0 Å². The number of hydrogen-bond acceptors (Lipinski definition) is 33. The molecule has 13 N–H and O–H groups in total. The minimum absolute atomic E-state index is 0.0105. The smallest absolute Gasteiger partial charge is 0.327 e. The summed E-state index contributed by atoms with van der Waals surface area (Å²) in [4.78, 5) is 80.5. The number of aliphatic hydroxyl groups excluding tert-OH is 5. The van der Waals surface area contributed by atoms with Crippen molar-refractivity contribution in [3.05, 3.63) is 143 Å². The highest BCUT2D eigenvalue weighted by atomic mass is 19.1. The Morgan fingerprint density at radius 3 is 0.992 bits per heavy atom. The summed E-state index contributed by atoms with van der Waals surface area (Å²) in [6.07, 6.45) is 8.47. The largest absolute Gasteiger partial charge is 0.473 e. The zero-order valence-corrected chi connectivity index (χ0v) is 63.6. The molecule has 5 atom stereocenters. The molecular weight excluding hydrogens is 1540 g/mol. The van der Waals surface area contributed by atoms with E-state index in [0.717, 1.165) is 0 Å². The highest BCUT2D eigenvalue weighted by Crippen LogP contribution is 2.48. The minimum atomic E-state index is -1.25. The van der Waals surface area contributed by atoms with Gasteiger partial charge in [-0.05, 0) is 52.0 Å². The molecule has 0 bridgehead atoms. The summed E-state index contributed by atoms with van der Waals surface area (Å²) in [5.41, 5.74) is 8.30. The van der Waals surface area contributed by atoms with Crippen molar-refractivity contribution in [2.45, 2.75) is 90.5 Å². The second-order valence-electron chi connectivity index (χ2n) is 27.4.